The molecule has 0 atom stereocenters. The van der Waals surface area contributed by atoms with Gasteiger partial charge in [-0.25, -0.2) is 9.78 Å². The topological polar surface area (TPSA) is 75.1 Å². The largest absolute Gasteiger partial charge is 0.461 e. The Morgan fingerprint density at radius 1 is 1.50 bits per heavy atom. The number of carbonyl (C=O) groups is 1. The molecule has 0 aromatic carbocycles. The van der Waals surface area contributed by atoms with Gasteiger partial charge in [0.1, 0.15) is 11.5 Å². The van der Waals surface area contributed by atoms with Gasteiger partial charge in [-0.2, -0.15) is 0 Å². The zero-order chi connectivity index (χ0) is 14.7. The molecule has 6 nitrogen and oxygen atoms in total. The molecule has 2 aromatic rings. The number of ether oxygens (including phenoxy) is 1. The number of imidazole rings is 1. The van der Waals surface area contributed by atoms with Crippen molar-refractivity contribution in [3.05, 3.63) is 36.2 Å². The van der Waals surface area contributed by atoms with Crippen LogP contribution in [-0.2, 0) is 18.2 Å². The highest BCUT2D eigenvalue weighted by Crippen LogP contribution is 2.17. The molecule has 2 N–H and O–H groups in total. The van der Waals surface area contributed by atoms with Gasteiger partial charge in [0.2, 0.25) is 0 Å². The first-order valence-corrected chi connectivity index (χ1v) is 6.59. The lowest BCUT2D eigenvalue weighted by atomic mass is 10.3. The molecular weight excluding hydrogens is 256 g/mol. The SMILES string of the molecule is CC(C)n1cc(N)cc1C(=O)OCCc1nccn1C. The summed E-state index contributed by atoms with van der Waals surface area (Å²) in [6.45, 7) is 4.28. The maximum atomic E-state index is 12.1. The van der Waals surface area contributed by atoms with Gasteiger partial charge in [-0.1, -0.05) is 0 Å². The zero-order valence-electron chi connectivity index (χ0n) is 12.0. The van der Waals surface area contributed by atoms with Crippen LogP contribution in [0.4, 0.5) is 5.69 Å². The minimum Gasteiger partial charge on any atom is -0.461 e. The predicted molar refractivity (Wildman–Crippen MR) is 76.4 cm³/mol. The summed E-state index contributed by atoms with van der Waals surface area (Å²) in [5.74, 6) is 0.529. The number of carbonyl (C=O) groups excluding carboxylic acids is 1. The van der Waals surface area contributed by atoms with Crippen LogP contribution in [0, 0.1) is 0 Å². The van der Waals surface area contributed by atoms with E-state index in [1.54, 1.807) is 18.5 Å². The molecule has 2 aromatic heterocycles. The van der Waals surface area contributed by atoms with Crippen LogP contribution in [-0.4, -0.2) is 26.7 Å². The van der Waals surface area contributed by atoms with Gasteiger partial charge in [0, 0.05) is 38.1 Å². The Balaban J connectivity index is 1.97. The quantitative estimate of drug-likeness (QED) is 0.845. The van der Waals surface area contributed by atoms with Crippen molar-refractivity contribution in [2.24, 2.45) is 7.05 Å². The van der Waals surface area contributed by atoms with Crippen LogP contribution >= 0.6 is 0 Å². The molecule has 0 radical (unpaired) electrons. The smallest absolute Gasteiger partial charge is 0.355 e. The summed E-state index contributed by atoms with van der Waals surface area (Å²) < 4.78 is 9.02. The highest BCUT2D eigenvalue weighted by Gasteiger charge is 2.16. The van der Waals surface area contributed by atoms with E-state index in [1.165, 1.54) is 0 Å². The number of nitrogens with two attached hydrogens (primary N) is 1. The minimum absolute atomic E-state index is 0.157. The number of nitrogen functional groups attached to an aromatic ring is 1. The van der Waals surface area contributed by atoms with Crippen molar-refractivity contribution in [1.29, 1.82) is 0 Å². The highest BCUT2D eigenvalue weighted by molar-refractivity contribution is 5.89. The maximum Gasteiger partial charge on any atom is 0.355 e. The van der Waals surface area contributed by atoms with Crippen LogP contribution in [0.25, 0.3) is 0 Å². The molecule has 108 valence electrons. The highest BCUT2D eigenvalue weighted by atomic mass is 16.5. The summed E-state index contributed by atoms with van der Waals surface area (Å²) >= 11 is 0. The molecule has 0 aliphatic carbocycles. The Morgan fingerprint density at radius 3 is 2.85 bits per heavy atom. The molecule has 0 saturated carbocycles. The third-order valence-electron chi connectivity index (χ3n) is 3.11. The Morgan fingerprint density at radius 2 is 2.25 bits per heavy atom. The standard InChI is InChI=1S/C14H20N4O2/c1-10(2)18-9-11(15)8-12(18)14(19)20-7-4-13-16-5-6-17(13)3/h5-6,8-10H,4,7,15H2,1-3H3. The molecule has 20 heavy (non-hydrogen) atoms. The summed E-state index contributed by atoms with van der Waals surface area (Å²) in [4.78, 5) is 16.3. The average molecular weight is 276 g/mol. The molecule has 6 heteroatoms. The van der Waals surface area contributed by atoms with Crippen LogP contribution in [0.3, 0.4) is 0 Å². The Kier molecular flexibility index (Phi) is 4.12. The fourth-order valence-electron chi connectivity index (χ4n) is 2.04. The normalized spacial score (nSPS) is 11.0. The second-order valence-electron chi connectivity index (χ2n) is 5.00. The molecule has 0 amide bonds. The number of rotatable bonds is 5. The van der Waals surface area contributed by atoms with Crippen molar-refractivity contribution >= 4 is 11.7 Å². The van der Waals surface area contributed by atoms with E-state index in [9.17, 15) is 4.79 Å². The van der Waals surface area contributed by atoms with E-state index in [-0.39, 0.29) is 12.0 Å². The zero-order valence-corrected chi connectivity index (χ0v) is 12.0. The number of hydrogen-bond acceptors (Lipinski definition) is 4. The van der Waals surface area contributed by atoms with E-state index in [0.717, 1.165) is 5.82 Å². The van der Waals surface area contributed by atoms with Crippen molar-refractivity contribution < 1.29 is 9.53 Å². The summed E-state index contributed by atoms with van der Waals surface area (Å²) in [7, 11) is 1.91. The average Bonchev–Trinajstić information content (AvgIpc) is 2.96. The Hall–Kier alpha value is -2.24. The molecule has 2 rings (SSSR count). The van der Waals surface area contributed by atoms with Crippen LogP contribution in [0.5, 0.6) is 0 Å². The van der Waals surface area contributed by atoms with Crippen LogP contribution in [0.1, 0.15) is 36.2 Å². The lowest BCUT2D eigenvalue weighted by Crippen LogP contribution is -2.15. The monoisotopic (exact) mass is 276 g/mol. The molecule has 0 bridgehead atoms. The first-order valence-electron chi connectivity index (χ1n) is 6.59. The summed E-state index contributed by atoms with van der Waals surface area (Å²) in [6, 6.07) is 1.80. The van der Waals surface area contributed by atoms with E-state index in [4.69, 9.17) is 10.5 Å². The van der Waals surface area contributed by atoms with E-state index >= 15 is 0 Å². The van der Waals surface area contributed by atoms with E-state index < -0.39 is 0 Å². The van der Waals surface area contributed by atoms with Gasteiger partial charge in [0.05, 0.1) is 12.3 Å². The first-order chi connectivity index (χ1) is 9.49. The number of aryl methyl sites for hydroxylation is 1. The third-order valence-corrected chi connectivity index (χ3v) is 3.11. The maximum absolute atomic E-state index is 12.1. The Labute approximate surface area is 118 Å². The van der Waals surface area contributed by atoms with Crippen LogP contribution in [0.2, 0.25) is 0 Å². The van der Waals surface area contributed by atoms with Crippen molar-refractivity contribution in [2.75, 3.05) is 12.3 Å². The fraction of sp³-hybridized carbons (Fsp3) is 0.429. The molecule has 0 saturated heterocycles. The lowest BCUT2D eigenvalue weighted by molar-refractivity contribution is 0.0492. The van der Waals surface area contributed by atoms with Crippen molar-refractivity contribution in [2.45, 2.75) is 26.3 Å². The van der Waals surface area contributed by atoms with Crippen LogP contribution < -0.4 is 5.73 Å². The van der Waals surface area contributed by atoms with Gasteiger partial charge in [0.15, 0.2) is 0 Å². The third kappa shape index (κ3) is 3.01. The second kappa shape index (κ2) is 5.81. The molecule has 0 aliphatic rings. The minimum atomic E-state index is -0.357. The van der Waals surface area contributed by atoms with Gasteiger partial charge < -0.3 is 19.6 Å². The van der Waals surface area contributed by atoms with Crippen molar-refractivity contribution in [3.8, 4) is 0 Å². The van der Waals surface area contributed by atoms with E-state index in [1.807, 2.05) is 36.2 Å². The first kappa shape index (κ1) is 14.2. The summed E-state index contributed by atoms with van der Waals surface area (Å²) in [5, 5.41) is 0. The second-order valence-corrected chi connectivity index (χ2v) is 5.00. The number of esters is 1. The van der Waals surface area contributed by atoms with E-state index in [0.29, 0.717) is 24.4 Å². The van der Waals surface area contributed by atoms with Gasteiger partial charge >= 0.3 is 5.97 Å². The van der Waals surface area contributed by atoms with E-state index in [2.05, 4.69) is 4.98 Å². The van der Waals surface area contributed by atoms with Crippen LogP contribution in [0.15, 0.2) is 24.7 Å². The summed E-state index contributed by atoms with van der Waals surface area (Å²) in [6.07, 6.45) is 5.93. The number of hydrogen-bond donors (Lipinski definition) is 1. The van der Waals surface area contributed by atoms with Crippen molar-refractivity contribution in [1.82, 2.24) is 14.1 Å². The van der Waals surface area contributed by atoms with Crippen molar-refractivity contribution in [3.63, 3.8) is 0 Å². The van der Waals surface area contributed by atoms with Gasteiger partial charge in [-0.3, -0.25) is 0 Å². The molecular formula is C14H20N4O2. The number of aromatic nitrogens is 3. The van der Waals surface area contributed by atoms with Gasteiger partial charge in [-0.15, -0.1) is 0 Å². The molecule has 0 fully saturated rings. The number of nitrogens with zero attached hydrogens (tertiary/aromatic N) is 3. The molecule has 2 heterocycles. The summed E-state index contributed by atoms with van der Waals surface area (Å²) in [5.41, 5.74) is 6.79. The van der Waals surface area contributed by atoms with Gasteiger partial charge in [0.25, 0.3) is 0 Å². The predicted octanol–water partition coefficient (Wildman–Crippen LogP) is 1.78. The molecule has 0 aliphatic heterocycles. The van der Waals surface area contributed by atoms with Gasteiger partial charge in [-0.05, 0) is 19.9 Å². The number of anilines is 1. The lowest BCUT2D eigenvalue weighted by Gasteiger charge is -2.12. The molecule has 0 spiro atoms. The molecule has 0 unspecified atom stereocenters. The Bertz CT molecular complexity index is 598. The fourth-order valence-corrected chi connectivity index (χ4v) is 2.04.